The van der Waals surface area contributed by atoms with Crippen molar-refractivity contribution >= 4 is 11.9 Å². The zero-order valence-electron chi connectivity index (χ0n) is 7.64. The number of aliphatic carboxylic acids is 2. The Morgan fingerprint density at radius 3 is 2.57 bits per heavy atom. The second kappa shape index (κ2) is 2.83. The molecular formula is C10H12O4. The third kappa shape index (κ3) is 1.22. The van der Waals surface area contributed by atoms with Gasteiger partial charge in [0.15, 0.2) is 0 Å². The molecule has 0 aromatic carbocycles. The van der Waals surface area contributed by atoms with Crippen LogP contribution in [-0.4, -0.2) is 22.2 Å². The van der Waals surface area contributed by atoms with E-state index in [-0.39, 0.29) is 18.3 Å². The summed E-state index contributed by atoms with van der Waals surface area (Å²) >= 11 is 0. The normalized spacial score (nSPS) is 38.9. The number of allylic oxidation sites excluding steroid dienone is 1. The van der Waals surface area contributed by atoms with Crippen molar-refractivity contribution in [1.29, 1.82) is 0 Å². The molecule has 14 heavy (non-hydrogen) atoms. The fraction of sp³-hybridized carbons (Fsp3) is 0.600. The van der Waals surface area contributed by atoms with Crippen LogP contribution < -0.4 is 0 Å². The molecule has 2 N–H and O–H groups in total. The molecule has 2 bridgehead atoms. The Labute approximate surface area is 81.2 Å². The molecule has 3 unspecified atom stereocenters. The summed E-state index contributed by atoms with van der Waals surface area (Å²) in [4.78, 5) is 21.5. The first kappa shape index (κ1) is 9.24. The van der Waals surface area contributed by atoms with Crippen molar-refractivity contribution in [2.24, 2.45) is 17.3 Å². The standard InChI is InChI=1S/C10H12O4/c11-8(12)3-7-5-10(9(13)14)2-1-6(7)4-10/h1-2,6-7H,3-5H2,(H,11,12)(H,13,14). The maximum Gasteiger partial charge on any atom is 0.313 e. The van der Waals surface area contributed by atoms with Crippen molar-refractivity contribution in [3.05, 3.63) is 12.2 Å². The van der Waals surface area contributed by atoms with Crippen LogP contribution in [0.25, 0.3) is 0 Å². The van der Waals surface area contributed by atoms with Gasteiger partial charge in [-0.25, -0.2) is 0 Å². The molecule has 1 saturated carbocycles. The van der Waals surface area contributed by atoms with E-state index in [1.54, 1.807) is 6.08 Å². The number of hydrogen-bond donors (Lipinski definition) is 2. The van der Waals surface area contributed by atoms with E-state index >= 15 is 0 Å². The van der Waals surface area contributed by atoms with Gasteiger partial charge in [0.1, 0.15) is 0 Å². The zero-order chi connectivity index (χ0) is 10.3. The maximum atomic E-state index is 11.0. The second-order valence-corrected chi connectivity index (χ2v) is 4.25. The van der Waals surface area contributed by atoms with E-state index < -0.39 is 17.4 Å². The molecule has 0 spiro atoms. The number of fused-ring (bicyclic) bond motifs is 2. The Morgan fingerprint density at radius 1 is 1.36 bits per heavy atom. The topological polar surface area (TPSA) is 74.6 Å². The summed E-state index contributed by atoms with van der Waals surface area (Å²) in [5.74, 6) is -1.49. The predicted octanol–water partition coefficient (Wildman–Crippen LogP) is 1.13. The predicted molar refractivity (Wildman–Crippen MR) is 47.7 cm³/mol. The van der Waals surface area contributed by atoms with Gasteiger partial charge in [-0.15, -0.1) is 0 Å². The number of carboxylic acids is 2. The van der Waals surface area contributed by atoms with E-state index in [1.807, 2.05) is 6.08 Å². The summed E-state index contributed by atoms with van der Waals surface area (Å²) in [6.45, 7) is 0. The minimum atomic E-state index is -0.837. The average Bonchev–Trinajstić information content (AvgIpc) is 2.60. The van der Waals surface area contributed by atoms with Gasteiger partial charge in [-0.05, 0) is 24.7 Å². The first-order valence-electron chi connectivity index (χ1n) is 4.68. The summed E-state index contributed by atoms with van der Waals surface area (Å²) in [5.41, 5.74) is -0.759. The van der Waals surface area contributed by atoms with Gasteiger partial charge in [0.25, 0.3) is 0 Å². The quantitative estimate of drug-likeness (QED) is 0.663. The molecular weight excluding hydrogens is 184 g/mol. The highest BCUT2D eigenvalue weighted by atomic mass is 16.4. The van der Waals surface area contributed by atoms with Gasteiger partial charge in [0, 0.05) is 6.42 Å². The van der Waals surface area contributed by atoms with Gasteiger partial charge in [0.2, 0.25) is 0 Å². The Hall–Kier alpha value is -1.32. The zero-order valence-corrected chi connectivity index (χ0v) is 7.64. The Kier molecular flexibility index (Phi) is 1.87. The first-order chi connectivity index (χ1) is 6.53. The van der Waals surface area contributed by atoms with Crippen molar-refractivity contribution in [2.45, 2.75) is 19.3 Å². The highest BCUT2D eigenvalue weighted by Crippen LogP contribution is 2.53. The molecule has 2 aliphatic carbocycles. The fourth-order valence-corrected chi connectivity index (χ4v) is 2.65. The van der Waals surface area contributed by atoms with Crippen LogP contribution in [0.3, 0.4) is 0 Å². The van der Waals surface area contributed by atoms with Crippen LogP contribution >= 0.6 is 0 Å². The monoisotopic (exact) mass is 196 g/mol. The van der Waals surface area contributed by atoms with Gasteiger partial charge < -0.3 is 10.2 Å². The molecule has 0 radical (unpaired) electrons. The number of carbonyl (C=O) groups is 2. The summed E-state index contributed by atoms with van der Waals surface area (Å²) in [6.07, 6.45) is 4.75. The largest absolute Gasteiger partial charge is 0.481 e. The van der Waals surface area contributed by atoms with E-state index in [2.05, 4.69) is 0 Å². The molecule has 76 valence electrons. The third-order valence-electron chi connectivity index (χ3n) is 3.36. The van der Waals surface area contributed by atoms with E-state index in [0.29, 0.717) is 12.8 Å². The van der Waals surface area contributed by atoms with Crippen molar-refractivity contribution < 1.29 is 19.8 Å². The summed E-state index contributed by atoms with van der Waals surface area (Å²) in [6, 6.07) is 0. The van der Waals surface area contributed by atoms with Gasteiger partial charge in [-0.1, -0.05) is 12.2 Å². The number of carboxylic acid groups (broad SMARTS) is 2. The number of rotatable bonds is 3. The molecule has 2 rings (SSSR count). The van der Waals surface area contributed by atoms with Gasteiger partial charge in [-0.3, -0.25) is 9.59 Å². The van der Waals surface area contributed by atoms with Gasteiger partial charge >= 0.3 is 11.9 Å². The average molecular weight is 196 g/mol. The highest BCUT2D eigenvalue weighted by molar-refractivity contribution is 5.79. The van der Waals surface area contributed by atoms with Crippen LogP contribution in [0.2, 0.25) is 0 Å². The molecule has 3 atom stereocenters. The lowest BCUT2D eigenvalue weighted by molar-refractivity contribution is -0.146. The highest BCUT2D eigenvalue weighted by Gasteiger charge is 2.52. The van der Waals surface area contributed by atoms with Crippen LogP contribution in [0.4, 0.5) is 0 Å². The molecule has 2 aliphatic rings. The first-order valence-corrected chi connectivity index (χ1v) is 4.68. The van der Waals surface area contributed by atoms with E-state index in [9.17, 15) is 9.59 Å². The van der Waals surface area contributed by atoms with Crippen molar-refractivity contribution in [2.75, 3.05) is 0 Å². The smallest absolute Gasteiger partial charge is 0.313 e. The van der Waals surface area contributed by atoms with Crippen LogP contribution in [-0.2, 0) is 9.59 Å². The lowest BCUT2D eigenvalue weighted by Gasteiger charge is -2.20. The van der Waals surface area contributed by atoms with Crippen LogP contribution in [0.1, 0.15) is 19.3 Å². The van der Waals surface area contributed by atoms with E-state index in [4.69, 9.17) is 10.2 Å². The SMILES string of the molecule is O=C(O)CC1CC2(C(=O)O)C=CC1C2. The fourth-order valence-electron chi connectivity index (χ4n) is 2.65. The van der Waals surface area contributed by atoms with Crippen molar-refractivity contribution in [1.82, 2.24) is 0 Å². The molecule has 4 nitrogen and oxygen atoms in total. The third-order valence-corrected chi connectivity index (χ3v) is 3.36. The molecule has 0 amide bonds. The molecule has 4 heteroatoms. The Balaban J connectivity index is 2.14. The Morgan fingerprint density at radius 2 is 2.07 bits per heavy atom. The minimum Gasteiger partial charge on any atom is -0.481 e. The van der Waals surface area contributed by atoms with Crippen LogP contribution in [0.5, 0.6) is 0 Å². The summed E-state index contributed by atoms with van der Waals surface area (Å²) in [5, 5.41) is 17.7. The second-order valence-electron chi connectivity index (χ2n) is 4.25. The lowest BCUT2D eigenvalue weighted by atomic mass is 9.83. The Bertz CT molecular complexity index is 320. The van der Waals surface area contributed by atoms with Gasteiger partial charge in [-0.2, -0.15) is 0 Å². The molecule has 1 fully saturated rings. The van der Waals surface area contributed by atoms with Crippen molar-refractivity contribution in [3.8, 4) is 0 Å². The molecule has 0 aromatic rings. The van der Waals surface area contributed by atoms with E-state index in [1.165, 1.54) is 0 Å². The van der Waals surface area contributed by atoms with Crippen molar-refractivity contribution in [3.63, 3.8) is 0 Å². The molecule has 0 saturated heterocycles. The molecule has 0 heterocycles. The molecule has 0 aromatic heterocycles. The van der Waals surface area contributed by atoms with Crippen LogP contribution in [0, 0.1) is 17.3 Å². The van der Waals surface area contributed by atoms with E-state index in [0.717, 1.165) is 0 Å². The lowest BCUT2D eigenvalue weighted by Crippen LogP contribution is -2.25. The van der Waals surface area contributed by atoms with Crippen LogP contribution in [0.15, 0.2) is 12.2 Å². The minimum absolute atomic E-state index is 0.00796. The number of hydrogen-bond acceptors (Lipinski definition) is 2. The van der Waals surface area contributed by atoms with Gasteiger partial charge in [0.05, 0.1) is 5.41 Å². The maximum absolute atomic E-state index is 11.0. The summed E-state index contributed by atoms with van der Waals surface area (Å²) in [7, 11) is 0. The summed E-state index contributed by atoms with van der Waals surface area (Å²) < 4.78 is 0. The molecule has 0 aliphatic heterocycles.